The number of amides is 1. The SMILES string of the molecule is O=C(NC(c1ccccc1)c1ccccc1)c1nnc(-c2cc(Cl)c(O)c(Cl)c2)o1. The molecule has 0 aliphatic heterocycles. The minimum atomic E-state index is -0.526. The number of nitrogens with one attached hydrogen (secondary N) is 1. The van der Waals surface area contributed by atoms with Crippen LogP contribution in [-0.4, -0.2) is 21.2 Å². The Labute approximate surface area is 182 Å². The van der Waals surface area contributed by atoms with Gasteiger partial charge in [0.2, 0.25) is 5.89 Å². The first-order valence-electron chi connectivity index (χ1n) is 8.95. The van der Waals surface area contributed by atoms with E-state index in [9.17, 15) is 9.90 Å². The largest absolute Gasteiger partial charge is 0.505 e. The maximum Gasteiger partial charge on any atom is 0.309 e. The zero-order chi connectivity index (χ0) is 21.1. The predicted molar refractivity (Wildman–Crippen MR) is 114 cm³/mol. The first kappa shape index (κ1) is 19.9. The summed E-state index contributed by atoms with van der Waals surface area (Å²) in [6.45, 7) is 0. The summed E-state index contributed by atoms with van der Waals surface area (Å²) in [6, 6.07) is 21.6. The summed E-state index contributed by atoms with van der Waals surface area (Å²) in [5.74, 6) is -0.919. The Hall–Kier alpha value is -3.35. The highest BCUT2D eigenvalue weighted by Gasteiger charge is 2.22. The van der Waals surface area contributed by atoms with E-state index in [0.717, 1.165) is 11.1 Å². The summed E-state index contributed by atoms with van der Waals surface area (Å²) >= 11 is 11.9. The molecule has 0 bridgehead atoms. The summed E-state index contributed by atoms with van der Waals surface area (Å²) in [6.07, 6.45) is 0. The Kier molecular flexibility index (Phi) is 5.70. The molecule has 0 aliphatic rings. The monoisotopic (exact) mass is 439 g/mol. The third kappa shape index (κ3) is 4.15. The summed E-state index contributed by atoms with van der Waals surface area (Å²) < 4.78 is 5.52. The molecule has 4 aromatic rings. The van der Waals surface area contributed by atoms with Crippen LogP contribution in [0.4, 0.5) is 0 Å². The number of benzene rings is 3. The van der Waals surface area contributed by atoms with Gasteiger partial charge in [-0.25, -0.2) is 0 Å². The first-order valence-corrected chi connectivity index (χ1v) is 9.71. The van der Waals surface area contributed by atoms with E-state index in [4.69, 9.17) is 27.6 Å². The average Bonchev–Trinajstić information content (AvgIpc) is 3.27. The number of aromatic hydroxyl groups is 1. The summed E-state index contributed by atoms with van der Waals surface area (Å²) in [4.78, 5) is 12.8. The molecule has 3 aromatic carbocycles. The summed E-state index contributed by atoms with van der Waals surface area (Å²) in [5.41, 5.74) is 2.21. The van der Waals surface area contributed by atoms with Gasteiger partial charge in [0.1, 0.15) is 0 Å². The van der Waals surface area contributed by atoms with Crippen LogP contribution in [0, 0.1) is 0 Å². The highest BCUT2D eigenvalue weighted by molar-refractivity contribution is 6.37. The van der Waals surface area contributed by atoms with Gasteiger partial charge in [-0.2, -0.15) is 0 Å². The Morgan fingerprint density at radius 2 is 1.43 bits per heavy atom. The smallest absolute Gasteiger partial charge is 0.309 e. The van der Waals surface area contributed by atoms with Gasteiger partial charge in [0.05, 0.1) is 16.1 Å². The van der Waals surface area contributed by atoms with Crippen molar-refractivity contribution in [3.05, 3.63) is 99.9 Å². The molecule has 6 nitrogen and oxygen atoms in total. The number of rotatable bonds is 5. The Balaban J connectivity index is 1.61. The molecule has 1 aromatic heterocycles. The number of phenols is 1. The molecule has 30 heavy (non-hydrogen) atoms. The highest BCUT2D eigenvalue weighted by Crippen LogP contribution is 2.36. The van der Waals surface area contributed by atoms with Crippen LogP contribution in [0.5, 0.6) is 5.75 Å². The predicted octanol–water partition coefficient (Wildman–Crippen LogP) is 5.27. The lowest BCUT2D eigenvalue weighted by molar-refractivity contribution is 0.0908. The van der Waals surface area contributed by atoms with Crippen LogP contribution in [0.25, 0.3) is 11.5 Å². The fourth-order valence-electron chi connectivity index (χ4n) is 2.96. The molecule has 0 saturated carbocycles. The van der Waals surface area contributed by atoms with Gasteiger partial charge in [-0.1, -0.05) is 83.9 Å². The van der Waals surface area contributed by atoms with Crippen molar-refractivity contribution in [1.29, 1.82) is 0 Å². The fourth-order valence-corrected chi connectivity index (χ4v) is 3.45. The van der Waals surface area contributed by atoms with Gasteiger partial charge in [-0.3, -0.25) is 4.79 Å². The van der Waals surface area contributed by atoms with Gasteiger partial charge in [-0.05, 0) is 23.3 Å². The van der Waals surface area contributed by atoms with Gasteiger partial charge < -0.3 is 14.8 Å². The molecule has 0 radical (unpaired) electrons. The molecule has 4 rings (SSSR count). The van der Waals surface area contributed by atoms with E-state index in [1.165, 1.54) is 12.1 Å². The van der Waals surface area contributed by atoms with Crippen LogP contribution in [-0.2, 0) is 0 Å². The number of hydrogen-bond donors (Lipinski definition) is 2. The van der Waals surface area contributed by atoms with Gasteiger partial charge in [0.25, 0.3) is 0 Å². The Morgan fingerprint density at radius 1 is 0.900 bits per heavy atom. The molecule has 0 fully saturated rings. The van der Waals surface area contributed by atoms with E-state index in [-0.39, 0.29) is 27.6 Å². The van der Waals surface area contributed by atoms with Gasteiger partial charge in [0.15, 0.2) is 5.75 Å². The van der Waals surface area contributed by atoms with Crippen molar-refractivity contribution in [2.45, 2.75) is 6.04 Å². The second kappa shape index (κ2) is 8.57. The van der Waals surface area contributed by atoms with E-state index in [1.807, 2.05) is 60.7 Å². The normalized spacial score (nSPS) is 10.9. The van der Waals surface area contributed by atoms with Crippen molar-refractivity contribution < 1.29 is 14.3 Å². The second-order valence-corrected chi connectivity index (χ2v) is 7.24. The highest BCUT2D eigenvalue weighted by atomic mass is 35.5. The molecule has 150 valence electrons. The summed E-state index contributed by atoms with van der Waals surface area (Å²) in [5, 5.41) is 20.4. The number of hydrogen-bond acceptors (Lipinski definition) is 5. The van der Waals surface area contributed by atoms with E-state index < -0.39 is 11.9 Å². The van der Waals surface area contributed by atoms with Gasteiger partial charge in [-0.15, -0.1) is 10.2 Å². The third-order valence-corrected chi connectivity index (χ3v) is 5.00. The maximum absolute atomic E-state index is 12.8. The Bertz CT molecular complexity index is 1120. The molecule has 1 heterocycles. The fraction of sp³-hybridized carbons (Fsp3) is 0.0455. The zero-order valence-electron chi connectivity index (χ0n) is 15.4. The number of phenolic OH excluding ortho intramolecular Hbond substituents is 1. The molecule has 0 spiro atoms. The van der Waals surface area contributed by atoms with Crippen molar-refractivity contribution in [1.82, 2.24) is 15.5 Å². The average molecular weight is 440 g/mol. The van der Waals surface area contributed by atoms with Crippen LogP contribution in [0.3, 0.4) is 0 Å². The number of carbonyl (C=O) groups is 1. The van der Waals surface area contributed by atoms with E-state index in [1.54, 1.807) is 0 Å². The molecule has 8 heteroatoms. The van der Waals surface area contributed by atoms with E-state index >= 15 is 0 Å². The van der Waals surface area contributed by atoms with Crippen molar-refractivity contribution in [3.63, 3.8) is 0 Å². The van der Waals surface area contributed by atoms with Crippen molar-refractivity contribution >= 4 is 29.1 Å². The third-order valence-electron chi connectivity index (χ3n) is 4.42. The quantitative estimate of drug-likeness (QED) is 0.442. The van der Waals surface area contributed by atoms with Crippen LogP contribution in [0.1, 0.15) is 27.9 Å². The molecule has 1 amide bonds. The van der Waals surface area contributed by atoms with Crippen LogP contribution in [0.2, 0.25) is 10.0 Å². The number of carbonyl (C=O) groups excluding carboxylic acids is 1. The molecule has 2 N–H and O–H groups in total. The second-order valence-electron chi connectivity index (χ2n) is 6.43. The van der Waals surface area contributed by atoms with Crippen molar-refractivity contribution in [2.24, 2.45) is 0 Å². The lowest BCUT2D eigenvalue weighted by Gasteiger charge is -2.18. The number of nitrogens with zero attached hydrogens (tertiary/aromatic N) is 2. The van der Waals surface area contributed by atoms with Crippen LogP contribution < -0.4 is 5.32 Å². The summed E-state index contributed by atoms with van der Waals surface area (Å²) in [7, 11) is 0. The van der Waals surface area contributed by atoms with Crippen LogP contribution >= 0.6 is 23.2 Å². The minimum absolute atomic E-state index is 0.0370. The topological polar surface area (TPSA) is 88.2 Å². The van der Waals surface area contributed by atoms with Crippen LogP contribution in [0.15, 0.2) is 77.2 Å². The van der Waals surface area contributed by atoms with Crippen molar-refractivity contribution in [3.8, 4) is 17.2 Å². The van der Waals surface area contributed by atoms with E-state index in [0.29, 0.717) is 5.56 Å². The molecular weight excluding hydrogens is 425 g/mol. The lowest BCUT2D eigenvalue weighted by atomic mass is 9.99. The number of aromatic nitrogens is 2. The maximum atomic E-state index is 12.8. The van der Waals surface area contributed by atoms with E-state index in [2.05, 4.69) is 15.5 Å². The zero-order valence-corrected chi connectivity index (χ0v) is 16.9. The minimum Gasteiger partial charge on any atom is -0.505 e. The number of halogens is 2. The molecule has 0 unspecified atom stereocenters. The molecule has 0 saturated heterocycles. The van der Waals surface area contributed by atoms with Gasteiger partial charge >= 0.3 is 11.8 Å². The molecule has 0 atom stereocenters. The van der Waals surface area contributed by atoms with Gasteiger partial charge in [0, 0.05) is 5.56 Å². The lowest BCUT2D eigenvalue weighted by Crippen LogP contribution is -2.29. The first-order chi connectivity index (χ1) is 14.5. The molecular formula is C22H15Cl2N3O3. The standard InChI is InChI=1S/C22H15Cl2N3O3/c23-16-11-15(12-17(24)19(16)28)21-26-27-22(30-21)20(29)25-18(13-7-3-1-4-8-13)14-9-5-2-6-10-14/h1-12,18,28H,(H,25,29). The molecule has 0 aliphatic carbocycles. The van der Waals surface area contributed by atoms with Crippen molar-refractivity contribution in [2.75, 3.05) is 0 Å². The Morgan fingerprint density at radius 3 is 1.97 bits per heavy atom.